The Morgan fingerprint density at radius 1 is 1.04 bits per heavy atom. The van der Waals surface area contributed by atoms with Crippen LogP contribution in [0, 0.1) is 0 Å². The van der Waals surface area contributed by atoms with Gasteiger partial charge in [-0.1, -0.05) is 67.0 Å². The molecule has 6 rings (SSSR count). The summed E-state index contributed by atoms with van der Waals surface area (Å²) in [6, 6.07) is 15.8. The summed E-state index contributed by atoms with van der Waals surface area (Å²) < 4.78 is 14.4. The van der Waals surface area contributed by atoms with Crippen molar-refractivity contribution in [1.82, 2.24) is 29.3 Å². The molecule has 11 nitrogen and oxygen atoms in total. The van der Waals surface area contributed by atoms with Crippen LogP contribution in [0.3, 0.4) is 0 Å². The molecule has 0 spiro atoms. The molecule has 0 aliphatic heterocycles. The van der Waals surface area contributed by atoms with Gasteiger partial charge < -0.3 is 9.84 Å². The van der Waals surface area contributed by atoms with E-state index in [1.807, 2.05) is 57.6 Å². The second-order valence-electron chi connectivity index (χ2n) is 12.2. The molecule has 0 bridgehead atoms. The summed E-state index contributed by atoms with van der Waals surface area (Å²) in [6.07, 6.45) is 6.84. The van der Waals surface area contributed by atoms with Crippen LogP contribution in [0.5, 0.6) is 0 Å². The molecular weight excluding hydrogens is 599 g/mol. The maximum atomic E-state index is 14.3. The SMILES string of the molecule is CCCc1c(Cc2ccc(-c3ccccc3-c3noc(=O)[nH]3)cc2)c(=O)n([C@H]2CC[C@H](OCC(C)(C)O)CC2)c2ncnn12.[KH]. The number of nitrogens with one attached hydrogen (secondary N) is 1. The van der Waals surface area contributed by atoms with Gasteiger partial charge in [0.2, 0.25) is 5.78 Å². The number of aromatic amines is 1. The molecule has 1 aliphatic rings. The van der Waals surface area contributed by atoms with Crippen molar-refractivity contribution in [2.45, 2.75) is 83.5 Å². The van der Waals surface area contributed by atoms with Crippen molar-refractivity contribution in [2.75, 3.05) is 6.61 Å². The molecule has 0 amide bonds. The Labute approximate surface area is 303 Å². The summed E-state index contributed by atoms with van der Waals surface area (Å²) >= 11 is 0. The quantitative estimate of drug-likeness (QED) is 0.218. The van der Waals surface area contributed by atoms with Crippen LogP contribution >= 0.6 is 0 Å². The van der Waals surface area contributed by atoms with Crippen molar-refractivity contribution >= 4 is 57.2 Å². The number of benzene rings is 2. The summed E-state index contributed by atoms with van der Waals surface area (Å²) in [4.78, 5) is 33.0. The van der Waals surface area contributed by atoms with Gasteiger partial charge in [-0.3, -0.25) is 18.9 Å². The van der Waals surface area contributed by atoms with Crippen molar-refractivity contribution in [3.8, 4) is 22.5 Å². The molecular formula is C33H39KN6O5. The van der Waals surface area contributed by atoms with Crippen LogP contribution in [0.4, 0.5) is 0 Å². The van der Waals surface area contributed by atoms with Gasteiger partial charge in [-0.2, -0.15) is 10.1 Å². The summed E-state index contributed by atoms with van der Waals surface area (Å²) in [5, 5.41) is 18.5. The Bertz CT molecular complexity index is 1860. The van der Waals surface area contributed by atoms with E-state index in [2.05, 4.69) is 27.1 Å². The fraction of sp³-hybridized carbons (Fsp3) is 0.424. The molecule has 0 atom stereocenters. The van der Waals surface area contributed by atoms with Crippen LogP contribution < -0.4 is 11.3 Å². The van der Waals surface area contributed by atoms with Gasteiger partial charge in [-0.25, -0.2) is 9.31 Å². The third-order valence-electron chi connectivity index (χ3n) is 8.26. The molecule has 3 heterocycles. The number of fused-ring (bicyclic) bond motifs is 1. The van der Waals surface area contributed by atoms with E-state index >= 15 is 0 Å². The predicted octanol–water partition coefficient (Wildman–Crippen LogP) is 4.07. The first-order valence-corrected chi connectivity index (χ1v) is 15.3. The fourth-order valence-electron chi connectivity index (χ4n) is 6.16. The second-order valence-corrected chi connectivity index (χ2v) is 12.2. The molecule has 1 saturated carbocycles. The minimum atomic E-state index is -0.871. The average Bonchev–Trinajstić information content (AvgIpc) is 3.68. The number of nitrogens with zero attached hydrogens (tertiary/aromatic N) is 5. The van der Waals surface area contributed by atoms with Crippen LogP contribution in [-0.4, -0.2) is 104 Å². The van der Waals surface area contributed by atoms with Crippen LogP contribution in [-0.2, 0) is 17.6 Å². The van der Waals surface area contributed by atoms with Gasteiger partial charge in [0, 0.05) is 23.6 Å². The van der Waals surface area contributed by atoms with E-state index < -0.39 is 11.4 Å². The number of hydrogen-bond donors (Lipinski definition) is 2. The van der Waals surface area contributed by atoms with Gasteiger partial charge in [0.15, 0.2) is 5.82 Å². The van der Waals surface area contributed by atoms with Gasteiger partial charge >= 0.3 is 57.1 Å². The van der Waals surface area contributed by atoms with Crippen LogP contribution in [0.25, 0.3) is 28.3 Å². The van der Waals surface area contributed by atoms with Crippen LogP contribution in [0.2, 0.25) is 0 Å². The molecule has 1 fully saturated rings. The van der Waals surface area contributed by atoms with E-state index in [1.165, 1.54) is 6.33 Å². The zero-order chi connectivity index (χ0) is 30.8. The normalized spacial score (nSPS) is 17.0. The molecule has 5 aromatic rings. The van der Waals surface area contributed by atoms with E-state index in [9.17, 15) is 14.7 Å². The zero-order valence-electron chi connectivity index (χ0n) is 25.3. The molecule has 1 aliphatic carbocycles. The third kappa shape index (κ3) is 7.48. The Morgan fingerprint density at radius 3 is 2.40 bits per heavy atom. The van der Waals surface area contributed by atoms with E-state index in [0.29, 0.717) is 24.4 Å². The fourth-order valence-corrected chi connectivity index (χ4v) is 6.16. The molecule has 0 unspecified atom stereocenters. The predicted molar refractivity (Wildman–Crippen MR) is 173 cm³/mol. The van der Waals surface area contributed by atoms with Crippen molar-refractivity contribution in [3.05, 3.63) is 92.6 Å². The first-order chi connectivity index (χ1) is 21.2. The maximum absolute atomic E-state index is 14.3. The van der Waals surface area contributed by atoms with Crippen molar-refractivity contribution in [3.63, 3.8) is 0 Å². The van der Waals surface area contributed by atoms with Crippen LogP contribution in [0.15, 0.2) is 69.0 Å². The molecule has 3 aromatic heterocycles. The summed E-state index contributed by atoms with van der Waals surface area (Å²) in [5.74, 6) is 0.356. The van der Waals surface area contributed by atoms with Crippen LogP contribution in [0.1, 0.15) is 75.7 Å². The van der Waals surface area contributed by atoms with Crippen molar-refractivity contribution in [2.24, 2.45) is 0 Å². The Morgan fingerprint density at radius 2 is 1.76 bits per heavy atom. The monoisotopic (exact) mass is 638 g/mol. The Kier molecular flexibility index (Phi) is 10.7. The number of aliphatic hydroxyl groups is 1. The Balaban J connectivity index is 0.00000400. The van der Waals surface area contributed by atoms with Crippen molar-refractivity contribution in [1.29, 1.82) is 0 Å². The van der Waals surface area contributed by atoms with E-state index in [1.54, 1.807) is 13.8 Å². The van der Waals surface area contributed by atoms with Gasteiger partial charge in [-0.15, -0.1) is 0 Å². The topological polar surface area (TPSA) is 141 Å². The summed E-state index contributed by atoms with van der Waals surface area (Å²) in [5.41, 5.74) is 4.37. The molecule has 12 heteroatoms. The number of ether oxygens (including phenoxy) is 1. The number of hydrogen-bond acceptors (Lipinski definition) is 8. The van der Waals surface area contributed by atoms with Gasteiger partial charge in [0.25, 0.3) is 5.56 Å². The number of rotatable bonds is 10. The first kappa shape index (κ1) is 33.6. The van der Waals surface area contributed by atoms with Gasteiger partial charge in [0.05, 0.1) is 24.0 Å². The zero-order valence-corrected chi connectivity index (χ0v) is 25.3. The number of H-pyrrole nitrogens is 1. The molecule has 232 valence electrons. The minimum absolute atomic E-state index is 0. The molecule has 45 heavy (non-hydrogen) atoms. The van der Waals surface area contributed by atoms with Crippen molar-refractivity contribution < 1.29 is 14.4 Å². The summed E-state index contributed by atoms with van der Waals surface area (Å²) in [7, 11) is 0. The average molecular weight is 639 g/mol. The second kappa shape index (κ2) is 14.4. The standard InChI is InChI=1S/C33H38N6O5.K.H/c1-4-7-28-27(18-21-10-12-22(13-11-21)25-8-5-6-9-26(25)29-36-32(41)44-37-29)30(40)38(31-34-20-35-39(28)31)23-14-16-24(17-15-23)43-19-33(2,3)42;;/h5-6,8-13,20,23-24,42H,4,7,14-19H2,1-3H3,(H,36,37,41);;/t23-,24-;;. The summed E-state index contributed by atoms with van der Waals surface area (Å²) in [6.45, 7) is 5.87. The molecule has 2 aromatic carbocycles. The number of aromatic nitrogens is 6. The Hall–Kier alpha value is -2.71. The van der Waals surface area contributed by atoms with Gasteiger partial charge in [-0.05, 0) is 62.6 Å². The van der Waals surface area contributed by atoms with E-state index in [4.69, 9.17) is 9.26 Å². The first-order valence-electron chi connectivity index (χ1n) is 15.3. The number of aryl methyl sites for hydroxylation is 1. The molecule has 2 N–H and O–H groups in total. The molecule has 0 radical (unpaired) electrons. The van der Waals surface area contributed by atoms with Gasteiger partial charge in [0.1, 0.15) is 6.33 Å². The molecule has 0 saturated heterocycles. The van der Waals surface area contributed by atoms with E-state index in [-0.39, 0.29) is 75.7 Å². The third-order valence-corrected chi connectivity index (χ3v) is 8.26. The van der Waals surface area contributed by atoms with E-state index in [0.717, 1.165) is 65.6 Å².